The summed E-state index contributed by atoms with van der Waals surface area (Å²) in [5.41, 5.74) is -0.639. The Hall–Kier alpha value is -4.22. The third-order valence-corrected chi connectivity index (χ3v) is 4.35. The zero-order chi connectivity index (χ0) is 22.4. The molecule has 0 spiro atoms. The summed E-state index contributed by atoms with van der Waals surface area (Å²) in [7, 11) is 0. The summed E-state index contributed by atoms with van der Waals surface area (Å²) < 4.78 is 19.3. The summed E-state index contributed by atoms with van der Waals surface area (Å²) in [5.74, 6) is -1.35. The molecule has 0 atom stereocenters. The number of ether oxygens (including phenoxy) is 1. The average Bonchev–Trinajstić information content (AvgIpc) is 2.75. The van der Waals surface area contributed by atoms with E-state index >= 15 is 0 Å². The largest absolute Gasteiger partial charge is 0.449 e. The van der Waals surface area contributed by atoms with Crippen LogP contribution in [0.1, 0.15) is 5.56 Å². The van der Waals surface area contributed by atoms with Crippen molar-refractivity contribution in [3.8, 4) is 17.6 Å². The van der Waals surface area contributed by atoms with Crippen LogP contribution in [-0.4, -0.2) is 10.8 Å². The van der Waals surface area contributed by atoms with Gasteiger partial charge in [0.15, 0.2) is 0 Å². The minimum Gasteiger partial charge on any atom is -0.449 e. The Labute approximate surface area is 181 Å². The molecule has 0 fully saturated rings. The molecular formula is C22H13ClFN3O4. The first-order chi connectivity index (χ1) is 14.9. The minimum absolute atomic E-state index is 0.0652. The molecular weight excluding hydrogens is 425 g/mol. The van der Waals surface area contributed by atoms with Crippen molar-refractivity contribution in [3.05, 3.63) is 98.8 Å². The predicted octanol–water partition coefficient (Wildman–Crippen LogP) is 5.73. The Kier molecular flexibility index (Phi) is 6.60. The molecule has 0 aliphatic rings. The van der Waals surface area contributed by atoms with E-state index in [0.717, 1.165) is 18.2 Å². The molecule has 0 bridgehead atoms. The van der Waals surface area contributed by atoms with Gasteiger partial charge in [-0.15, -0.1) is 0 Å². The van der Waals surface area contributed by atoms with E-state index in [9.17, 15) is 24.6 Å². The first kappa shape index (κ1) is 21.5. The van der Waals surface area contributed by atoms with E-state index < -0.39 is 16.6 Å². The maximum Gasteiger partial charge on any atom is 0.312 e. The first-order valence-corrected chi connectivity index (χ1v) is 9.15. The third kappa shape index (κ3) is 5.23. The maximum absolute atomic E-state index is 13.7. The molecule has 0 unspecified atom stereocenters. The van der Waals surface area contributed by atoms with E-state index in [1.807, 2.05) is 0 Å². The molecule has 7 nitrogen and oxygen atoms in total. The van der Waals surface area contributed by atoms with E-state index in [1.165, 1.54) is 30.3 Å². The molecule has 0 heterocycles. The van der Waals surface area contributed by atoms with Crippen LogP contribution in [0.5, 0.6) is 11.5 Å². The number of nitro benzene ring substituents is 1. The Morgan fingerprint density at radius 2 is 1.84 bits per heavy atom. The van der Waals surface area contributed by atoms with Crippen molar-refractivity contribution in [2.45, 2.75) is 0 Å². The Balaban J connectivity index is 1.90. The monoisotopic (exact) mass is 437 g/mol. The molecule has 31 heavy (non-hydrogen) atoms. The normalized spacial score (nSPS) is 10.8. The number of hydrogen-bond acceptors (Lipinski definition) is 5. The highest BCUT2D eigenvalue weighted by Crippen LogP contribution is 2.35. The molecule has 0 saturated heterocycles. The number of nitriles is 1. The highest BCUT2D eigenvalue weighted by molar-refractivity contribution is 6.32. The van der Waals surface area contributed by atoms with Gasteiger partial charge in [0.2, 0.25) is 5.75 Å². The minimum atomic E-state index is -0.855. The van der Waals surface area contributed by atoms with Gasteiger partial charge in [-0.3, -0.25) is 14.9 Å². The fourth-order valence-corrected chi connectivity index (χ4v) is 2.74. The van der Waals surface area contributed by atoms with Crippen molar-refractivity contribution in [1.82, 2.24) is 0 Å². The summed E-state index contributed by atoms with van der Waals surface area (Å²) in [4.78, 5) is 23.2. The van der Waals surface area contributed by atoms with Gasteiger partial charge in [-0.25, -0.2) is 4.39 Å². The molecule has 0 saturated carbocycles. The van der Waals surface area contributed by atoms with Crippen LogP contribution in [0.4, 0.5) is 15.8 Å². The van der Waals surface area contributed by atoms with Crippen molar-refractivity contribution < 1.29 is 18.8 Å². The lowest BCUT2D eigenvalue weighted by molar-refractivity contribution is -0.385. The van der Waals surface area contributed by atoms with Gasteiger partial charge >= 0.3 is 5.69 Å². The lowest BCUT2D eigenvalue weighted by Crippen LogP contribution is -2.14. The Morgan fingerprint density at radius 3 is 2.52 bits per heavy atom. The number of hydrogen-bond donors (Lipinski definition) is 1. The van der Waals surface area contributed by atoms with Gasteiger partial charge < -0.3 is 10.1 Å². The molecule has 0 radical (unpaired) electrons. The number of benzene rings is 3. The van der Waals surface area contributed by atoms with Gasteiger partial charge in [0, 0.05) is 6.07 Å². The zero-order valence-corrected chi connectivity index (χ0v) is 16.5. The topological polar surface area (TPSA) is 105 Å². The second-order valence-electron chi connectivity index (χ2n) is 6.12. The third-order valence-electron chi connectivity index (χ3n) is 4.03. The van der Waals surface area contributed by atoms with E-state index in [1.54, 1.807) is 30.3 Å². The van der Waals surface area contributed by atoms with Crippen LogP contribution in [-0.2, 0) is 4.79 Å². The average molecular weight is 438 g/mol. The number of anilines is 1. The van der Waals surface area contributed by atoms with Crippen molar-refractivity contribution in [2.24, 2.45) is 0 Å². The van der Waals surface area contributed by atoms with Crippen LogP contribution in [0, 0.1) is 27.3 Å². The number of nitro groups is 1. The molecule has 0 aliphatic carbocycles. The van der Waals surface area contributed by atoms with Gasteiger partial charge in [0.05, 0.1) is 15.6 Å². The number of carbonyl (C=O) groups is 1. The summed E-state index contributed by atoms with van der Waals surface area (Å²) in [6.07, 6.45) is 1.16. The second-order valence-corrected chi connectivity index (χ2v) is 6.53. The van der Waals surface area contributed by atoms with Gasteiger partial charge in [-0.05, 0) is 42.0 Å². The first-order valence-electron chi connectivity index (χ1n) is 8.77. The van der Waals surface area contributed by atoms with Crippen molar-refractivity contribution >= 4 is 35.0 Å². The fraction of sp³-hybridized carbons (Fsp3) is 0. The van der Waals surface area contributed by atoms with Crippen molar-refractivity contribution in [3.63, 3.8) is 0 Å². The molecule has 154 valence electrons. The van der Waals surface area contributed by atoms with Crippen LogP contribution in [0.25, 0.3) is 6.08 Å². The van der Waals surface area contributed by atoms with Crippen LogP contribution in [0.15, 0.2) is 72.3 Å². The number of nitrogens with one attached hydrogen (secondary N) is 1. The van der Waals surface area contributed by atoms with Crippen LogP contribution < -0.4 is 10.1 Å². The number of nitrogens with zero attached hydrogens (tertiary/aromatic N) is 2. The van der Waals surface area contributed by atoms with Crippen molar-refractivity contribution in [2.75, 3.05) is 5.32 Å². The molecule has 0 aliphatic heterocycles. The smallest absolute Gasteiger partial charge is 0.312 e. The number of carbonyl (C=O) groups excluding carboxylic acids is 1. The highest BCUT2D eigenvalue weighted by atomic mass is 35.5. The Morgan fingerprint density at radius 1 is 1.13 bits per heavy atom. The van der Waals surface area contributed by atoms with Crippen LogP contribution >= 0.6 is 11.6 Å². The lowest BCUT2D eigenvalue weighted by atomic mass is 10.1. The zero-order valence-electron chi connectivity index (χ0n) is 15.7. The second kappa shape index (κ2) is 9.52. The SMILES string of the molecule is N#C/C(=C\c1ccc(Oc2ccccc2Cl)c([N+](=O)[O-])c1)C(=O)Nc1ccccc1F. The van der Waals surface area contributed by atoms with E-state index in [2.05, 4.69) is 5.32 Å². The quantitative estimate of drug-likeness (QED) is 0.229. The number of amides is 1. The van der Waals surface area contributed by atoms with Gasteiger partial charge in [0.25, 0.3) is 5.91 Å². The number of para-hydroxylation sites is 2. The van der Waals surface area contributed by atoms with Crippen molar-refractivity contribution in [1.29, 1.82) is 5.26 Å². The molecule has 9 heteroatoms. The molecule has 3 aromatic carbocycles. The van der Waals surface area contributed by atoms with E-state index in [0.29, 0.717) is 0 Å². The Bertz CT molecular complexity index is 1240. The summed E-state index contributed by atoms with van der Waals surface area (Å²) >= 11 is 6.03. The van der Waals surface area contributed by atoms with E-state index in [4.69, 9.17) is 16.3 Å². The number of rotatable bonds is 6. The molecule has 1 N–H and O–H groups in total. The van der Waals surface area contributed by atoms with E-state index in [-0.39, 0.29) is 39.0 Å². The van der Waals surface area contributed by atoms with Crippen LogP contribution in [0.3, 0.4) is 0 Å². The molecule has 1 amide bonds. The highest BCUT2D eigenvalue weighted by Gasteiger charge is 2.19. The molecule has 3 rings (SSSR count). The predicted molar refractivity (Wildman–Crippen MR) is 113 cm³/mol. The molecule has 0 aromatic heterocycles. The summed E-state index contributed by atoms with van der Waals surface area (Å²) in [6, 6.07) is 17.6. The molecule has 3 aromatic rings. The van der Waals surface area contributed by atoms with Crippen LogP contribution in [0.2, 0.25) is 5.02 Å². The summed E-state index contributed by atoms with van der Waals surface area (Å²) in [5, 5.41) is 23.4. The van der Waals surface area contributed by atoms with Gasteiger partial charge in [-0.2, -0.15) is 5.26 Å². The fourth-order valence-electron chi connectivity index (χ4n) is 2.57. The van der Waals surface area contributed by atoms with Gasteiger partial charge in [-0.1, -0.05) is 41.9 Å². The standard InChI is InChI=1S/C22H13ClFN3O4/c23-16-5-1-4-8-20(16)31-21-10-9-14(12-19(21)27(29)30)11-15(13-25)22(28)26-18-7-3-2-6-17(18)24/h1-12H,(H,26,28)/b15-11+. The maximum atomic E-state index is 13.7. The number of halogens is 2. The summed E-state index contributed by atoms with van der Waals surface area (Å²) in [6.45, 7) is 0. The lowest BCUT2D eigenvalue weighted by Gasteiger charge is -2.09. The van der Waals surface area contributed by atoms with Gasteiger partial charge in [0.1, 0.15) is 23.2 Å².